The van der Waals surface area contributed by atoms with Crippen LogP contribution in [0.3, 0.4) is 0 Å². The lowest BCUT2D eigenvalue weighted by molar-refractivity contribution is -0.112. The molecule has 4 rings (SSSR count). The van der Waals surface area contributed by atoms with Crippen LogP contribution in [0.25, 0.3) is 0 Å². The van der Waals surface area contributed by atoms with Gasteiger partial charge < -0.3 is 10.3 Å². The highest BCUT2D eigenvalue weighted by molar-refractivity contribution is 5.85. The maximum absolute atomic E-state index is 10.5. The summed E-state index contributed by atoms with van der Waals surface area (Å²) >= 11 is 0. The van der Waals surface area contributed by atoms with E-state index >= 15 is 0 Å². The van der Waals surface area contributed by atoms with Crippen molar-refractivity contribution in [3.05, 3.63) is 0 Å². The van der Waals surface area contributed by atoms with Crippen LogP contribution in [0.5, 0.6) is 0 Å². The van der Waals surface area contributed by atoms with E-state index in [1.807, 2.05) is 0 Å². The highest BCUT2D eigenvalue weighted by Gasteiger charge is 2.59. The average molecular weight is 305 g/mol. The SMILES string of the molecule is C[C@]12CC/C(=N\O)C[C@@H]1CC[C@H]1[C@H]2CC[C@]2(C)[C@H](O)CC[C@H]12. The zero-order chi connectivity index (χ0) is 15.5. The van der Waals surface area contributed by atoms with Crippen molar-refractivity contribution < 1.29 is 10.3 Å². The van der Waals surface area contributed by atoms with Crippen LogP contribution in [0.1, 0.15) is 71.6 Å². The fourth-order valence-corrected chi connectivity index (χ4v) is 7.12. The lowest BCUT2D eigenvalue weighted by Crippen LogP contribution is -2.54. The summed E-state index contributed by atoms with van der Waals surface area (Å²) in [7, 11) is 0. The number of hydrogen-bond acceptors (Lipinski definition) is 3. The van der Waals surface area contributed by atoms with Crippen LogP contribution in [0, 0.1) is 34.5 Å². The van der Waals surface area contributed by atoms with E-state index in [9.17, 15) is 5.11 Å². The van der Waals surface area contributed by atoms with Crippen molar-refractivity contribution in [2.45, 2.75) is 77.7 Å². The van der Waals surface area contributed by atoms with E-state index in [0.29, 0.717) is 11.3 Å². The van der Waals surface area contributed by atoms with Gasteiger partial charge in [0.1, 0.15) is 0 Å². The van der Waals surface area contributed by atoms with Crippen LogP contribution in [0.2, 0.25) is 0 Å². The van der Waals surface area contributed by atoms with Gasteiger partial charge in [0, 0.05) is 0 Å². The summed E-state index contributed by atoms with van der Waals surface area (Å²) in [6.45, 7) is 4.88. The lowest BCUT2D eigenvalue weighted by Gasteiger charge is -2.60. The first-order chi connectivity index (χ1) is 10.5. The quantitative estimate of drug-likeness (QED) is 0.520. The number of fused-ring (bicyclic) bond motifs is 5. The smallest absolute Gasteiger partial charge is 0.0596 e. The number of aliphatic hydroxyl groups excluding tert-OH is 1. The van der Waals surface area contributed by atoms with Crippen molar-refractivity contribution >= 4 is 5.71 Å². The molecule has 0 amide bonds. The van der Waals surface area contributed by atoms with E-state index < -0.39 is 0 Å². The molecular formula is C19H31NO2. The summed E-state index contributed by atoms with van der Waals surface area (Å²) in [6, 6.07) is 0. The molecule has 3 nitrogen and oxygen atoms in total. The first-order valence-corrected chi connectivity index (χ1v) is 9.37. The van der Waals surface area contributed by atoms with Gasteiger partial charge in [-0.3, -0.25) is 0 Å². The van der Waals surface area contributed by atoms with Gasteiger partial charge in [-0.25, -0.2) is 0 Å². The zero-order valence-electron chi connectivity index (χ0n) is 14.1. The topological polar surface area (TPSA) is 52.8 Å². The van der Waals surface area contributed by atoms with Crippen molar-refractivity contribution in [1.29, 1.82) is 0 Å². The van der Waals surface area contributed by atoms with Gasteiger partial charge in [-0.05, 0) is 92.3 Å². The Balaban J connectivity index is 1.62. The number of hydrogen-bond donors (Lipinski definition) is 2. The molecule has 0 saturated heterocycles. The van der Waals surface area contributed by atoms with Gasteiger partial charge in [0.15, 0.2) is 0 Å². The number of oxime groups is 1. The summed E-state index contributed by atoms with van der Waals surface area (Å²) in [4.78, 5) is 0. The van der Waals surface area contributed by atoms with Gasteiger partial charge >= 0.3 is 0 Å². The Hall–Kier alpha value is -0.570. The highest BCUT2D eigenvalue weighted by atomic mass is 16.4. The first kappa shape index (κ1) is 15.0. The monoisotopic (exact) mass is 305 g/mol. The molecule has 0 aromatic rings. The predicted molar refractivity (Wildman–Crippen MR) is 87.0 cm³/mol. The molecule has 0 aromatic carbocycles. The summed E-state index contributed by atoms with van der Waals surface area (Å²) < 4.78 is 0. The summed E-state index contributed by atoms with van der Waals surface area (Å²) in [5.41, 5.74) is 1.65. The van der Waals surface area contributed by atoms with Crippen molar-refractivity contribution in [1.82, 2.24) is 0 Å². The summed E-state index contributed by atoms with van der Waals surface area (Å²) in [5.74, 6) is 3.11. The van der Waals surface area contributed by atoms with Gasteiger partial charge in [-0.2, -0.15) is 0 Å². The molecule has 7 atom stereocenters. The second-order valence-electron chi connectivity index (χ2n) is 9.16. The molecule has 0 spiro atoms. The van der Waals surface area contributed by atoms with Crippen molar-refractivity contribution in [3.8, 4) is 0 Å². The normalized spacial score (nSPS) is 56.3. The van der Waals surface area contributed by atoms with Crippen molar-refractivity contribution in [2.75, 3.05) is 0 Å². The van der Waals surface area contributed by atoms with Crippen LogP contribution in [-0.4, -0.2) is 22.1 Å². The van der Waals surface area contributed by atoms with E-state index in [1.54, 1.807) is 0 Å². The third kappa shape index (κ3) is 1.87. The number of rotatable bonds is 0. The number of aliphatic hydroxyl groups is 1. The maximum Gasteiger partial charge on any atom is 0.0596 e. The standard InChI is InChI=1S/C19H31NO2/c1-18-9-7-13(20-22)11-12(18)3-4-14-15-5-6-17(21)19(15,2)10-8-16(14)18/h12,14-17,21-22H,3-11H2,1-2H3/b20-13+/t12-,14+,15+,16+,17+,18-,19-/m0/s1. The Kier molecular flexibility index (Phi) is 3.38. The van der Waals surface area contributed by atoms with E-state index in [2.05, 4.69) is 19.0 Å². The van der Waals surface area contributed by atoms with Crippen LogP contribution >= 0.6 is 0 Å². The third-order valence-electron chi connectivity index (χ3n) is 8.59. The first-order valence-electron chi connectivity index (χ1n) is 9.37. The molecule has 0 radical (unpaired) electrons. The Morgan fingerprint density at radius 2 is 1.73 bits per heavy atom. The molecule has 4 fully saturated rings. The zero-order valence-corrected chi connectivity index (χ0v) is 14.1. The molecule has 0 aromatic heterocycles. The van der Waals surface area contributed by atoms with E-state index in [1.165, 1.54) is 38.5 Å². The third-order valence-corrected chi connectivity index (χ3v) is 8.59. The predicted octanol–water partition coefficient (Wildman–Crippen LogP) is 4.22. The summed E-state index contributed by atoms with van der Waals surface area (Å²) in [5, 5.41) is 23.2. The molecule has 124 valence electrons. The van der Waals surface area contributed by atoms with Gasteiger partial charge in [0.05, 0.1) is 11.8 Å². The van der Waals surface area contributed by atoms with Gasteiger partial charge in [0.2, 0.25) is 0 Å². The lowest BCUT2D eigenvalue weighted by atomic mass is 9.45. The maximum atomic E-state index is 10.5. The Morgan fingerprint density at radius 1 is 0.955 bits per heavy atom. The minimum Gasteiger partial charge on any atom is -0.411 e. The summed E-state index contributed by atoms with van der Waals surface area (Å²) in [6.07, 6.45) is 10.5. The molecule has 0 unspecified atom stereocenters. The molecule has 0 aliphatic heterocycles. The molecule has 0 bridgehead atoms. The molecule has 4 saturated carbocycles. The second-order valence-corrected chi connectivity index (χ2v) is 9.16. The van der Waals surface area contributed by atoms with Gasteiger partial charge in [0.25, 0.3) is 0 Å². The molecule has 2 N–H and O–H groups in total. The second kappa shape index (κ2) is 4.96. The molecule has 4 aliphatic carbocycles. The Bertz CT molecular complexity index is 490. The van der Waals surface area contributed by atoms with Gasteiger partial charge in [-0.1, -0.05) is 19.0 Å². The minimum absolute atomic E-state index is 0.0662. The molecule has 0 heterocycles. The van der Waals surface area contributed by atoms with Crippen LogP contribution in [-0.2, 0) is 0 Å². The van der Waals surface area contributed by atoms with E-state index in [4.69, 9.17) is 5.21 Å². The van der Waals surface area contributed by atoms with Crippen LogP contribution < -0.4 is 0 Å². The molecule has 4 aliphatic rings. The van der Waals surface area contributed by atoms with Gasteiger partial charge in [-0.15, -0.1) is 0 Å². The fourth-order valence-electron chi connectivity index (χ4n) is 7.12. The van der Waals surface area contributed by atoms with Crippen molar-refractivity contribution in [3.63, 3.8) is 0 Å². The Morgan fingerprint density at radius 3 is 2.50 bits per heavy atom. The average Bonchev–Trinajstić information content (AvgIpc) is 2.82. The van der Waals surface area contributed by atoms with E-state index in [-0.39, 0.29) is 11.5 Å². The molecule has 3 heteroatoms. The minimum atomic E-state index is -0.0662. The van der Waals surface area contributed by atoms with Crippen LogP contribution in [0.4, 0.5) is 0 Å². The van der Waals surface area contributed by atoms with Crippen LogP contribution in [0.15, 0.2) is 5.16 Å². The van der Waals surface area contributed by atoms with Crippen molar-refractivity contribution in [2.24, 2.45) is 39.7 Å². The fraction of sp³-hybridized carbons (Fsp3) is 0.947. The molecular weight excluding hydrogens is 274 g/mol. The van der Waals surface area contributed by atoms with E-state index in [0.717, 1.165) is 42.7 Å². The highest BCUT2D eigenvalue weighted by Crippen LogP contribution is 2.65. The largest absolute Gasteiger partial charge is 0.411 e. The number of nitrogens with zero attached hydrogens (tertiary/aromatic N) is 1. The Labute approximate surface area is 134 Å². The molecule has 22 heavy (non-hydrogen) atoms.